The van der Waals surface area contributed by atoms with Crippen molar-refractivity contribution in [1.29, 1.82) is 0 Å². The van der Waals surface area contributed by atoms with Gasteiger partial charge in [-0.05, 0) is 25.9 Å². The summed E-state index contributed by atoms with van der Waals surface area (Å²) in [5.41, 5.74) is 0. The zero-order valence-electron chi connectivity index (χ0n) is 5.65. The van der Waals surface area contributed by atoms with Gasteiger partial charge in [-0.2, -0.15) is 0 Å². The fourth-order valence-electron chi connectivity index (χ4n) is 1.24. The van der Waals surface area contributed by atoms with E-state index in [1.54, 1.807) is 0 Å². The van der Waals surface area contributed by atoms with Crippen LogP contribution in [-0.4, -0.2) is 32.0 Å². The molecule has 51 valence electrons. The summed E-state index contributed by atoms with van der Waals surface area (Å²) < 4.78 is 11.6. The molecular formula is C6H12BFN. The normalized spacial score (nSPS) is 21.9. The first kappa shape index (κ1) is 7.07. The lowest BCUT2D eigenvalue weighted by atomic mass is 10.0. The second-order valence-corrected chi connectivity index (χ2v) is 2.52. The summed E-state index contributed by atoms with van der Waals surface area (Å²) in [6.07, 6.45) is 4.34. The molecule has 3 heteroatoms. The molecular weight excluding hydrogens is 116 g/mol. The quantitative estimate of drug-likeness (QED) is 0.501. The average molecular weight is 128 g/mol. The zero-order valence-corrected chi connectivity index (χ0v) is 5.65. The smallest absolute Gasteiger partial charge is 0.341 e. The van der Waals surface area contributed by atoms with Gasteiger partial charge >= 0.3 is 7.56 Å². The van der Waals surface area contributed by atoms with Gasteiger partial charge in [0, 0.05) is 6.44 Å². The Morgan fingerprint density at radius 3 is 2.44 bits per heavy atom. The Morgan fingerprint density at radius 2 is 1.89 bits per heavy atom. The molecule has 1 aliphatic rings. The minimum atomic E-state index is 0.528. The highest BCUT2D eigenvalue weighted by molar-refractivity contribution is 6.26. The van der Waals surface area contributed by atoms with Crippen LogP contribution in [0.1, 0.15) is 19.3 Å². The maximum Gasteiger partial charge on any atom is 0.369 e. The van der Waals surface area contributed by atoms with Crippen LogP contribution in [0, 0.1) is 0 Å². The molecule has 0 saturated carbocycles. The van der Waals surface area contributed by atoms with E-state index in [1.165, 1.54) is 19.3 Å². The van der Waals surface area contributed by atoms with E-state index in [-0.39, 0.29) is 0 Å². The predicted octanol–water partition coefficient (Wildman–Crippen LogP) is 1.02. The number of likely N-dealkylation sites (tertiary alicyclic amines) is 1. The molecule has 0 N–H and O–H groups in total. The SMILES string of the molecule is F[B]CN1CCCCC1. The highest BCUT2D eigenvalue weighted by Crippen LogP contribution is 2.06. The third kappa shape index (κ3) is 2.35. The lowest BCUT2D eigenvalue weighted by Gasteiger charge is -2.24. The summed E-state index contributed by atoms with van der Waals surface area (Å²) in [6, 6.07) is 0. The van der Waals surface area contributed by atoms with Crippen LogP contribution in [0.4, 0.5) is 4.32 Å². The first-order valence-corrected chi connectivity index (χ1v) is 3.58. The Labute approximate surface area is 56.5 Å². The van der Waals surface area contributed by atoms with Gasteiger partial charge in [0.25, 0.3) is 0 Å². The van der Waals surface area contributed by atoms with Crippen molar-refractivity contribution in [1.82, 2.24) is 4.90 Å². The molecule has 0 unspecified atom stereocenters. The predicted molar refractivity (Wildman–Crippen MR) is 37.2 cm³/mol. The molecule has 1 heterocycles. The molecule has 1 fully saturated rings. The van der Waals surface area contributed by atoms with Crippen LogP contribution in [0.5, 0.6) is 0 Å². The van der Waals surface area contributed by atoms with Gasteiger partial charge in [0.05, 0.1) is 0 Å². The second-order valence-electron chi connectivity index (χ2n) is 2.52. The standard InChI is InChI=1S/C6H12BFN/c8-7-6-9-4-2-1-3-5-9/h1-6H2. The van der Waals surface area contributed by atoms with Crippen molar-refractivity contribution in [2.24, 2.45) is 0 Å². The van der Waals surface area contributed by atoms with Crippen molar-refractivity contribution in [3.8, 4) is 0 Å². The van der Waals surface area contributed by atoms with Crippen molar-refractivity contribution in [3.63, 3.8) is 0 Å². The number of halogens is 1. The van der Waals surface area contributed by atoms with Crippen LogP contribution < -0.4 is 0 Å². The molecule has 0 amide bonds. The summed E-state index contributed by atoms with van der Waals surface area (Å²) in [6.45, 7) is 2.17. The molecule has 0 aromatic rings. The summed E-state index contributed by atoms with van der Waals surface area (Å²) in [5.74, 6) is 0. The highest BCUT2D eigenvalue weighted by atomic mass is 19.1. The van der Waals surface area contributed by atoms with Crippen LogP contribution in [0.2, 0.25) is 0 Å². The summed E-state index contributed by atoms with van der Waals surface area (Å²) in [5, 5.41) is 0. The van der Waals surface area contributed by atoms with E-state index in [9.17, 15) is 4.32 Å². The Morgan fingerprint density at radius 1 is 1.22 bits per heavy atom. The fourth-order valence-corrected chi connectivity index (χ4v) is 1.24. The lowest BCUT2D eigenvalue weighted by Crippen LogP contribution is -2.32. The van der Waals surface area contributed by atoms with Crippen LogP contribution in [0.3, 0.4) is 0 Å². The third-order valence-corrected chi connectivity index (χ3v) is 1.78. The molecule has 1 nitrogen and oxygen atoms in total. The van der Waals surface area contributed by atoms with E-state index in [2.05, 4.69) is 4.90 Å². The van der Waals surface area contributed by atoms with Crippen LogP contribution >= 0.6 is 0 Å². The van der Waals surface area contributed by atoms with Gasteiger partial charge in [-0.15, -0.1) is 0 Å². The van der Waals surface area contributed by atoms with Gasteiger partial charge in [0.2, 0.25) is 0 Å². The Hall–Kier alpha value is -0.0451. The van der Waals surface area contributed by atoms with Crippen molar-refractivity contribution < 1.29 is 4.32 Å². The molecule has 0 aliphatic carbocycles. The van der Waals surface area contributed by atoms with Gasteiger partial charge in [0.1, 0.15) is 0 Å². The lowest BCUT2D eigenvalue weighted by molar-refractivity contribution is 0.259. The van der Waals surface area contributed by atoms with Crippen LogP contribution in [0.25, 0.3) is 0 Å². The fraction of sp³-hybridized carbons (Fsp3) is 1.00. The minimum Gasteiger partial charge on any atom is -0.341 e. The maximum absolute atomic E-state index is 11.6. The molecule has 0 atom stereocenters. The average Bonchev–Trinajstić information content (AvgIpc) is 1.91. The zero-order chi connectivity index (χ0) is 6.53. The van der Waals surface area contributed by atoms with E-state index in [0.29, 0.717) is 6.44 Å². The molecule has 1 rings (SSSR count). The van der Waals surface area contributed by atoms with Gasteiger partial charge in [-0.3, -0.25) is 0 Å². The van der Waals surface area contributed by atoms with Crippen molar-refractivity contribution in [3.05, 3.63) is 0 Å². The third-order valence-electron chi connectivity index (χ3n) is 1.78. The topological polar surface area (TPSA) is 3.24 Å². The van der Waals surface area contributed by atoms with Crippen molar-refractivity contribution >= 4 is 7.56 Å². The molecule has 1 saturated heterocycles. The Bertz CT molecular complexity index is 70.7. The van der Waals surface area contributed by atoms with E-state index in [0.717, 1.165) is 20.6 Å². The molecule has 0 aromatic carbocycles. The Kier molecular flexibility index (Phi) is 3.05. The van der Waals surface area contributed by atoms with Crippen LogP contribution in [0.15, 0.2) is 0 Å². The molecule has 9 heavy (non-hydrogen) atoms. The maximum atomic E-state index is 11.6. The van der Waals surface area contributed by atoms with Gasteiger partial charge in [-0.1, -0.05) is 6.42 Å². The summed E-state index contributed by atoms with van der Waals surface area (Å²) in [4.78, 5) is 2.14. The molecule has 1 aliphatic heterocycles. The number of rotatable bonds is 2. The van der Waals surface area contributed by atoms with E-state index >= 15 is 0 Å². The summed E-state index contributed by atoms with van der Waals surface area (Å²) >= 11 is 0. The molecule has 1 radical (unpaired) electrons. The first-order chi connectivity index (χ1) is 4.43. The van der Waals surface area contributed by atoms with Gasteiger partial charge in [-0.25, -0.2) is 0 Å². The molecule has 0 spiro atoms. The first-order valence-electron chi connectivity index (χ1n) is 3.58. The number of hydrogen-bond acceptors (Lipinski definition) is 1. The minimum absolute atomic E-state index is 0.528. The second kappa shape index (κ2) is 3.88. The Balaban J connectivity index is 2.08. The highest BCUT2D eigenvalue weighted by Gasteiger charge is 2.08. The number of piperidine rings is 1. The van der Waals surface area contributed by atoms with Gasteiger partial charge in [0.15, 0.2) is 0 Å². The number of nitrogens with zero attached hydrogens (tertiary/aromatic N) is 1. The molecule has 0 bridgehead atoms. The van der Waals surface area contributed by atoms with Crippen LogP contribution in [-0.2, 0) is 0 Å². The van der Waals surface area contributed by atoms with E-state index < -0.39 is 0 Å². The van der Waals surface area contributed by atoms with Crippen molar-refractivity contribution in [2.75, 3.05) is 19.5 Å². The number of hydrogen-bond donors (Lipinski definition) is 0. The van der Waals surface area contributed by atoms with E-state index in [4.69, 9.17) is 0 Å². The summed E-state index contributed by atoms with van der Waals surface area (Å²) in [7, 11) is 0.741. The van der Waals surface area contributed by atoms with Crippen molar-refractivity contribution in [2.45, 2.75) is 19.3 Å². The van der Waals surface area contributed by atoms with E-state index in [1.807, 2.05) is 0 Å². The monoisotopic (exact) mass is 128 g/mol. The largest absolute Gasteiger partial charge is 0.369 e. The van der Waals surface area contributed by atoms with Gasteiger partial charge < -0.3 is 9.22 Å². The molecule has 0 aromatic heterocycles.